The summed E-state index contributed by atoms with van der Waals surface area (Å²) in [5.41, 5.74) is 6.07. The second kappa shape index (κ2) is 5.41. The molecule has 2 N–H and O–H groups in total. The van der Waals surface area contributed by atoms with E-state index in [4.69, 9.17) is 5.73 Å². The molecule has 2 rings (SSSR count). The number of benzene rings is 1. The van der Waals surface area contributed by atoms with Gasteiger partial charge in [-0.1, -0.05) is 6.07 Å². The molecule has 1 heterocycles. The van der Waals surface area contributed by atoms with Crippen molar-refractivity contribution >= 4 is 5.69 Å². The first-order valence-electron chi connectivity index (χ1n) is 6.58. The number of hydrogen-bond acceptors (Lipinski definition) is 2. The van der Waals surface area contributed by atoms with Gasteiger partial charge in [-0.25, -0.2) is 0 Å². The van der Waals surface area contributed by atoms with Gasteiger partial charge >= 0.3 is 6.18 Å². The Balaban J connectivity index is 2.37. The van der Waals surface area contributed by atoms with Crippen LogP contribution in [0.5, 0.6) is 0 Å². The lowest BCUT2D eigenvalue weighted by atomic mass is 10.0. The van der Waals surface area contributed by atoms with Gasteiger partial charge in [-0.05, 0) is 43.9 Å². The van der Waals surface area contributed by atoms with E-state index < -0.39 is 11.7 Å². The summed E-state index contributed by atoms with van der Waals surface area (Å²) in [6.45, 7) is 3.20. The molecule has 0 radical (unpaired) electrons. The van der Waals surface area contributed by atoms with Crippen molar-refractivity contribution in [3.63, 3.8) is 0 Å². The van der Waals surface area contributed by atoms with Crippen molar-refractivity contribution < 1.29 is 13.2 Å². The van der Waals surface area contributed by atoms with E-state index in [9.17, 15) is 13.2 Å². The highest BCUT2D eigenvalue weighted by molar-refractivity contribution is 5.57. The Kier molecular flexibility index (Phi) is 4.04. The normalized spacial score (nSPS) is 17.8. The van der Waals surface area contributed by atoms with Crippen molar-refractivity contribution in [3.05, 3.63) is 29.3 Å². The standard InChI is InChI=1S/C14H19F3N2/c1-10(18)8-11-4-5-13(19-6-2-3-7-19)12(9-11)14(15,16)17/h4-5,9-10H,2-3,6-8,18H2,1H3. The second-order valence-corrected chi connectivity index (χ2v) is 5.22. The third kappa shape index (κ3) is 3.41. The molecule has 106 valence electrons. The van der Waals surface area contributed by atoms with Crippen molar-refractivity contribution in [3.8, 4) is 0 Å². The van der Waals surface area contributed by atoms with Gasteiger partial charge in [0.2, 0.25) is 0 Å². The summed E-state index contributed by atoms with van der Waals surface area (Å²) < 4.78 is 39.5. The molecule has 1 aromatic rings. The molecule has 1 aliphatic rings. The minimum absolute atomic E-state index is 0.140. The molecule has 1 atom stereocenters. The molecule has 0 amide bonds. The van der Waals surface area contributed by atoms with Crippen molar-refractivity contribution in [1.29, 1.82) is 0 Å². The van der Waals surface area contributed by atoms with Crippen molar-refractivity contribution in [2.45, 2.75) is 38.4 Å². The van der Waals surface area contributed by atoms with E-state index in [0.717, 1.165) is 12.8 Å². The van der Waals surface area contributed by atoms with Crippen LogP contribution in [0.3, 0.4) is 0 Å². The summed E-state index contributed by atoms with van der Waals surface area (Å²) in [5.74, 6) is 0. The maximum absolute atomic E-state index is 13.2. The zero-order valence-corrected chi connectivity index (χ0v) is 11.0. The summed E-state index contributed by atoms with van der Waals surface area (Å²) in [6, 6.07) is 4.45. The zero-order chi connectivity index (χ0) is 14.0. The molecule has 19 heavy (non-hydrogen) atoms. The van der Waals surface area contributed by atoms with Crippen LogP contribution in [0.2, 0.25) is 0 Å². The lowest BCUT2D eigenvalue weighted by Gasteiger charge is -2.23. The largest absolute Gasteiger partial charge is 0.418 e. The van der Waals surface area contributed by atoms with E-state index in [0.29, 0.717) is 30.8 Å². The fourth-order valence-electron chi connectivity index (χ4n) is 2.54. The Hall–Kier alpha value is -1.23. The number of nitrogens with two attached hydrogens (primary N) is 1. The second-order valence-electron chi connectivity index (χ2n) is 5.22. The summed E-state index contributed by atoms with van der Waals surface area (Å²) >= 11 is 0. The quantitative estimate of drug-likeness (QED) is 0.915. The molecular formula is C14H19F3N2. The fraction of sp³-hybridized carbons (Fsp3) is 0.571. The summed E-state index contributed by atoms with van der Waals surface area (Å²) in [6.07, 6.45) is -1.94. The fourth-order valence-corrected chi connectivity index (χ4v) is 2.54. The van der Waals surface area contributed by atoms with E-state index in [1.165, 1.54) is 6.07 Å². The van der Waals surface area contributed by atoms with Gasteiger partial charge in [0.05, 0.1) is 5.56 Å². The van der Waals surface area contributed by atoms with Crippen LogP contribution in [-0.4, -0.2) is 19.1 Å². The van der Waals surface area contributed by atoms with Crippen molar-refractivity contribution in [2.75, 3.05) is 18.0 Å². The summed E-state index contributed by atoms with van der Waals surface area (Å²) in [5, 5.41) is 0. The first kappa shape index (κ1) is 14.2. The van der Waals surface area contributed by atoms with Crippen molar-refractivity contribution in [1.82, 2.24) is 0 Å². The predicted molar refractivity (Wildman–Crippen MR) is 70.2 cm³/mol. The Labute approximate surface area is 111 Å². The average Bonchev–Trinajstić information content (AvgIpc) is 2.80. The van der Waals surface area contributed by atoms with Crippen LogP contribution >= 0.6 is 0 Å². The van der Waals surface area contributed by atoms with Gasteiger partial charge in [-0.2, -0.15) is 13.2 Å². The van der Waals surface area contributed by atoms with Gasteiger partial charge in [-0.15, -0.1) is 0 Å². The Bertz CT molecular complexity index is 435. The first-order chi connectivity index (χ1) is 8.88. The Morgan fingerprint density at radius 1 is 1.26 bits per heavy atom. The molecule has 1 fully saturated rings. The number of hydrogen-bond donors (Lipinski definition) is 1. The number of alkyl halides is 3. The molecule has 1 saturated heterocycles. The van der Waals surface area contributed by atoms with Gasteiger partial charge in [0, 0.05) is 24.8 Å². The first-order valence-corrected chi connectivity index (χ1v) is 6.58. The van der Waals surface area contributed by atoms with Crippen LogP contribution < -0.4 is 10.6 Å². The third-order valence-corrected chi connectivity index (χ3v) is 3.37. The van der Waals surface area contributed by atoms with E-state index in [1.54, 1.807) is 19.1 Å². The minimum Gasteiger partial charge on any atom is -0.371 e. The van der Waals surface area contributed by atoms with Gasteiger partial charge < -0.3 is 10.6 Å². The van der Waals surface area contributed by atoms with Crippen LogP contribution in [0.1, 0.15) is 30.9 Å². The molecule has 0 saturated carbocycles. The van der Waals surface area contributed by atoms with E-state index in [2.05, 4.69) is 0 Å². The molecule has 1 unspecified atom stereocenters. The van der Waals surface area contributed by atoms with E-state index in [1.807, 2.05) is 4.90 Å². The predicted octanol–water partition coefficient (Wildman–Crippen LogP) is 3.20. The highest BCUT2D eigenvalue weighted by Crippen LogP contribution is 2.38. The topological polar surface area (TPSA) is 29.3 Å². The van der Waals surface area contributed by atoms with Gasteiger partial charge in [0.25, 0.3) is 0 Å². The number of nitrogens with zero attached hydrogens (tertiary/aromatic N) is 1. The monoisotopic (exact) mass is 272 g/mol. The number of anilines is 1. The molecular weight excluding hydrogens is 253 g/mol. The van der Waals surface area contributed by atoms with Gasteiger partial charge in [0.1, 0.15) is 0 Å². The molecule has 0 aliphatic carbocycles. The lowest BCUT2D eigenvalue weighted by molar-refractivity contribution is -0.137. The number of halogens is 3. The maximum atomic E-state index is 13.2. The van der Waals surface area contributed by atoms with Gasteiger partial charge in [0.15, 0.2) is 0 Å². The highest BCUT2D eigenvalue weighted by Gasteiger charge is 2.35. The Morgan fingerprint density at radius 2 is 1.89 bits per heavy atom. The lowest BCUT2D eigenvalue weighted by Crippen LogP contribution is -2.23. The van der Waals surface area contributed by atoms with E-state index >= 15 is 0 Å². The summed E-state index contributed by atoms with van der Waals surface area (Å²) in [4.78, 5) is 1.82. The minimum atomic E-state index is -4.31. The van der Waals surface area contributed by atoms with Crippen LogP contribution in [0, 0.1) is 0 Å². The number of rotatable bonds is 3. The summed E-state index contributed by atoms with van der Waals surface area (Å²) in [7, 11) is 0. The van der Waals surface area contributed by atoms with Crippen LogP contribution in [0.15, 0.2) is 18.2 Å². The highest BCUT2D eigenvalue weighted by atomic mass is 19.4. The smallest absolute Gasteiger partial charge is 0.371 e. The van der Waals surface area contributed by atoms with Gasteiger partial charge in [-0.3, -0.25) is 0 Å². The molecule has 2 nitrogen and oxygen atoms in total. The zero-order valence-electron chi connectivity index (χ0n) is 11.0. The van der Waals surface area contributed by atoms with E-state index in [-0.39, 0.29) is 6.04 Å². The average molecular weight is 272 g/mol. The SMILES string of the molecule is CC(N)Cc1ccc(N2CCCC2)c(C(F)(F)F)c1. The van der Waals surface area contributed by atoms with Crippen molar-refractivity contribution in [2.24, 2.45) is 5.73 Å². The molecule has 5 heteroatoms. The molecule has 0 bridgehead atoms. The Morgan fingerprint density at radius 3 is 2.42 bits per heavy atom. The van der Waals surface area contributed by atoms with Crippen LogP contribution in [0.4, 0.5) is 18.9 Å². The van der Waals surface area contributed by atoms with Crippen LogP contribution in [0.25, 0.3) is 0 Å². The molecule has 0 aromatic heterocycles. The molecule has 0 spiro atoms. The maximum Gasteiger partial charge on any atom is 0.418 e. The molecule has 1 aliphatic heterocycles. The third-order valence-electron chi connectivity index (χ3n) is 3.37. The van der Waals surface area contributed by atoms with Crippen LogP contribution in [-0.2, 0) is 12.6 Å². The molecule has 1 aromatic carbocycles.